The summed E-state index contributed by atoms with van der Waals surface area (Å²) in [7, 11) is 0. The van der Waals surface area contributed by atoms with Crippen molar-refractivity contribution in [1.29, 1.82) is 0 Å². The fourth-order valence-electron chi connectivity index (χ4n) is 2.01. The molecule has 0 saturated heterocycles. The van der Waals surface area contributed by atoms with E-state index in [2.05, 4.69) is 9.97 Å². The molecule has 0 aliphatic carbocycles. The van der Waals surface area contributed by atoms with Crippen LogP contribution in [-0.4, -0.2) is 20.3 Å². The third-order valence-electron chi connectivity index (χ3n) is 3.07. The standard InChI is InChI=1S/C16H15Cl2FN2OS/c1-4-13-14(18)15(21-7-20-13)10-5-9(11(17)6-12(10)19)16(22)23-8(2)3/h5-8H,4H2,1-3H3. The van der Waals surface area contributed by atoms with Crippen LogP contribution in [-0.2, 0) is 6.42 Å². The van der Waals surface area contributed by atoms with Crippen LogP contribution in [0.5, 0.6) is 0 Å². The molecule has 23 heavy (non-hydrogen) atoms. The van der Waals surface area contributed by atoms with Gasteiger partial charge in [0.25, 0.3) is 0 Å². The zero-order valence-corrected chi connectivity index (χ0v) is 15.2. The van der Waals surface area contributed by atoms with E-state index in [9.17, 15) is 9.18 Å². The molecule has 0 atom stereocenters. The Hall–Kier alpha value is -1.17. The summed E-state index contributed by atoms with van der Waals surface area (Å²) in [5.41, 5.74) is 1.27. The number of hydrogen-bond donors (Lipinski definition) is 0. The lowest BCUT2D eigenvalue weighted by Gasteiger charge is -2.11. The molecular weight excluding hydrogens is 358 g/mol. The van der Waals surface area contributed by atoms with Gasteiger partial charge in [-0.1, -0.05) is 55.7 Å². The van der Waals surface area contributed by atoms with Crippen LogP contribution in [0.2, 0.25) is 10.0 Å². The van der Waals surface area contributed by atoms with Gasteiger partial charge in [0.15, 0.2) is 0 Å². The smallest absolute Gasteiger partial charge is 0.221 e. The molecule has 0 amide bonds. The van der Waals surface area contributed by atoms with Crippen LogP contribution in [0.1, 0.15) is 36.8 Å². The van der Waals surface area contributed by atoms with Gasteiger partial charge in [-0.05, 0) is 18.6 Å². The van der Waals surface area contributed by atoms with Crippen LogP contribution in [0.15, 0.2) is 18.5 Å². The van der Waals surface area contributed by atoms with E-state index >= 15 is 0 Å². The van der Waals surface area contributed by atoms with Crippen LogP contribution in [0.25, 0.3) is 11.3 Å². The van der Waals surface area contributed by atoms with Crippen molar-refractivity contribution in [2.75, 3.05) is 0 Å². The summed E-state index contributed by atoms with van der Waals surface area (Å²) in [6, 6.07) is 2.53. The van der Waals surface area contributed by atoms with Gasteiger partial charge in [-0.15, -0.1) is 0 Å². The Morgan fingerprint density at radius 1 is 1.30 bits per heavy atom. The Balaban J connectivity index is 2.58. The van der Waals surface area contributed by atoms with Crippen molar-refractivity contribution in [1.82, 2.24) is 9.97 Å². The lowest BCUT2D eigenvalue weighted by atomic mass is 10.1. The molecule has 0 spiro atoms. The van der Waals surface area contributed by atoms with Crippen LogP contribution in [0.4, 0.5) is 4.39 Å². The number of benzene rings is 1. The number of thioether (sulfide) groups is 1. The highest BCUT2D eigenvalue weighted by molar-refractivity contribution is 8.14. The molecule has 2 aromatic rings. The largest absolute Gasteiger partial charge is 0.282 e. The quantitative estimate of drug-likeness (QED) is 0.716. The Bertz CT molecular complexity index is 753. The summed E-state index contributed by atoms with van der Waals surface area (Å²) in [6.07, 6.45) is 1.93. The molecule has 1 aromatic heterocycles. The molecule has 1 heterocycles. The summed E-state index contributed by atoms with van der Waals surface area (Å²) >= 11 is 13.4. The van der Waals surface area contributed by atoms with Gasteiger partial charge in [0.05, 0.1) is 21.4 Å². The Morgan fingerprint density at radius 2 is 2.00 bits per heavy atom. The van der Waals surface area contributed by atoms with Crippen LogP contribution < -0.4 is 0 Å². The summed E-state index contributed by atoms with van der Waals surface area (Å²) in [6.45, 7) is 5.69. The van der Waals surface area contributed by atoms with E-state index in [0.29, 0.717) is 12.1 Å². The lowest BCUT2D eigenvalue weighted by molar-refractivity contribution is 0.108. The highest BCUT2D eigenvalue weighted by Crippen LogP contribution is 2.34. The van der Waals surface area contributed by atoms with Gasteiger partial charge in [-0.2, -0.15) is 0 Å². The maximum absolute atomic E-state index is 14.3. The lowest BCUT2D eigenvalue weighted by Crippen LogP contribution is -2.03. The minimum absolute atomic E-state index is 0.0743. The molecule has 0 fully saturated rings. The number of carbonyl (C=O) groups is 1. The van der Waals surface area contributed by atoms with Crippen molar-refractivity contribution in [2.45, 2.75) is 32.4 Å². The summed E-state index contributed by atoms with van der Waals surface area (Å²) < 4.78 is 14.3. The van der Waals surface area contributed by atoms with Gasteiger partial charge in [-0.3, -0.25) is 4.79 Å². The first-order valence-electron chi connectivity index (χ1n) is 7.04. The molecular formula is C16H15Cl2FN2OS. The van der Waals surface area contributed by atoms with E-state index in [0.717, 1.165) is 17.8 Å². The van der Waals surface area contributed by atoms with Gasteiger partial charge >= 0.3 is 0 Å². The van der Waals surface area contributed by atoms with Crippen molar-refractivity contribution in [2.24, 2.45) is 0 Å². The molecule has 2 rings (SSSR count). The molecule has 0 saturated carbocycles. The number of halogens is 3. The first kappa shape index (κ1) is 18.2. The molecule has 0 unspecified atom stereocenters. The highest BCUT2D eigenvalue weighted by atomic mass is 35.5. The van der Waals surface area contributed by atoms with E-state index in [4.69, 9.17) is 23.2 Å². The van der Waals surface area contributed by atoms with E-state index in [-0.39, 0.29) is 37.2 Å². The van der Waals surface area contributed by atoms with Gasteiger partial charge in [0.2, 0.25) is 5.12 Å². The summed E-state index contributed by atoms with van der Waals surface area (Å²) in [4.78, 5) is 20.4. The third-order valence-corrected chi connectivity index (χ3v) is 4.69. The topological polar surface area (TPSA) is 42.9 Å². The fraction of sp³-hybridized carbons (Fsp3) is 0.312. The van der Waals surface area contributed by atoms with E-state index in [1.54, 1.807) is 0 Å². The number of aryl methyl sites for hydroxylation is 1. The highest BCUT2D eigenvalue weighted by Gasteiger charge is 2.20. The molecule has 0 radical (unpaired) electrons. The zero-order valence-electron chi connectivity index (χ0n) is 12.9. The average molecular weight is 373 g/mol. The van der Waals surface area contributed by atoms with Crippen LogP contribution >= 0.6 is 35.0 Å². The van der Waals surface area contributed by atoms with Crippen molar-refractivity contribution < 1.29 is 9.18 Å². The Kier molecular flexibility index (Phi) is 6.00. The van der Waals surface area contributed by atoms with Crippen LogP contribution in [0, 0.1) is 5.82 Å². The minimum Gasteiger partial charge on any atom is -0.282 e. The predicted molar refractivity (Wildman–Crippen MR) is 93.9 cm³/mol. The Labute approximate surface area is 148 Å². The summed E-state index contributed by atoms with van der Waals surface area (Å²) in [5, 5.41) is 0.241. The fourth-order valence-corrected chi connectivity index (χ4v) is 3.35. The zero-order chi connectivity index (χ0) is 17.1. The average Bonchev–Trinajstić information content (AvgIpc) is 2.47. The number of nitrogens with zero attached hydrogens (tertiary/aromatic N) is 2. The van der Waals surface area contributed by atoms with Crippen molar-refractivity contribution in [3.63, 3.8) is 0 Å². The first-order valence-corrected chi connectivity index (χ1v) is 8.68. The maximum Gasteiger partial charge on any atom is 0.221 e. The van der Waals surface area contributed by atoms with E-state index in [1.807, 2.05) is 20.8 Å². The van der Waals surface area contributed by atoms with Gasteiger partial charge in [0.1, 0.15) is 12.1 Å². The molecule has 7 heteroatoms. The van der Waals surface area contributed by atoms with Gasteiger partial charge < -0.3 is 0 Å². The normalized spacial score (nSPS) is 11.1. The molecule has 122 valence electrons. The van der Waals surface area contributed by atoms with Crippen LogP contribution in [0.3, 0.4) is 0 Å². The molecule has 0 bridgehead atoms. The van der Waals surface area contributed by atoms with E-state index < -0.39 is 5.82 Å². The molecule has 0 aliphatic rings. The summed E-state index contributed by atoms with van der Waals surface area (Å²) in [5.74, 6) is -0.580. The monoisotopic (exact) mass is 372 g/mol. The van der Waals surface area contributed by atoms with Crippen molar-refractivity contribution in [3.05, 3.63) is 45.6 Å². The maximum atomic E-state index is 14.3. The van der Waals surface area contributed by atoms with Gasteiger partial charge in [0, 0.05) is 16.4 Å². The molecule has 1 aromatic carbocycles. The van der Waals surface area contributed by atoms with Gasteiger partial charge in [-0.25, -0.2) is 14.4 Å². The number of carbonyl (C=O) groups excluding carboxylic acids is 1. The number of aromatic nitrogens is 2. The molecule has 0 N–H and O–H groups in total. The SMILES string of the molecule is CCc1ncnc(-c2cc(C(=O)SC(C)C)c(Cl)cc2F)c1Cl. The second-order valence-corrected chi connectivity index (χ2v) is 7.44. The third kappa shape index (κ3) is 4.03. The Morgan fingerprint density at radius 3 is 2.61 bits per heavy atom. The minimum atomic E-state index is -0.580. The number of hydrogen-bond acceptors (Lipinski definition) is 4. The molecule has 3 nitrogen and oxygen atoms in total. The second-order valence-electron chi connectivity index (χ2n) is 5.10. The first-order chi connectivity index (χ1) is 10.8. The van der Waals surface area contributed by atoms with Crippen molar-refractivity contribution in [3.8, 4) is 11.3 Å². The predicted octanol–water partition coefficient (Wildman–Crippen LogP) is 5.43. The van der Waals surface area contributed by atoms with Crippen molar-refractivity contribution >= 4 is 40.1 Å². The van der Waals surface area contributed by atoms with E-state index in [1.165, 1.54) is 12.4 Å². The number of rotatable bonds is 4. The second kappa shape index (κ2) is 7.60. The molecule has 0 aliphatic heterocycles.